The first kappa shape index (κ1) is 14.5. The number of hydrogen-bond donors (Lipinski definition) is 1. The van der Waals surface area contributed by atoms with Gasteiger partial charge in [-0.05, 0) is 49.1 Å². The summed E-state index contributed by atoms with van der Waals surface area (Å²) in [6.45, 7) is 4.38. The Kier molecular flexibility index (Phi) is 4.51. The largest absolute Gasteiger partial charge is 0.353 e. The zero-order chi connectivity index (χ0) is 14.7. The minimum absolute atomic E-state index is 0.505. The monoisotopic (exact) mass is 298 g/mol. The van der Waals surface area contributed by atoms with Crippen LogP contribution >= 0.6 is 12.2 Å². The molecule has 21 heavy (non-hydrogen) atoms. The maximum Gasteiger partial charge on any atom is 0.103 e. The smallest absolute Gasteiger partial charge is 0.103 e. The van der Waals surface area contributed by atoms with Crippen molar-refractivity contribution in [3.8, 4) is 0 Å². The highest BCUT2D eigenvalue weighted by atomic mass is 32.1. The number of nitrogens with zero attached hydrogens (tertiary/aromatic N) is 1. The number of aromatic nitrogens is 1. The molecule has 2 heterocycles. The molecule has 1 atom stereocenters. The number of aromatic amines is 1. The van der Waals surface area contributed by atoms with Crippen molar-refractivity contribution in [2.24, 2.45) is 0 Å². The van der Waals surface area contributed by atoms with E-state index in [9.17, 15) is 0 Å². The van der Waals surface area contributed by atoms with Crippen molar-refractivity contribution in [1.29, 1.82) is 0 Å². The van der Waals surface area contributed by atoms with E-state index in [-0.39, 0.29) is 0 Å². The Morgan fingerprint density at radius 3 is 2.81 bits per heavy atom. The zero-order valence-electron chi connectivity index (χ0n) is 12.5. The van der Waals surface area contributed by atoms with Crippen molar-refractivity contribution in [3.63, 3.8) is 0 Å². The number of aryl methyl sites for hydroxylation is 1. The van der Waals surface area contributed by atoms with Gasteiger partial charge in [0.15, 0.2) is 0 Å². The molecule has 2 aromatic rings. The Morgan fingerprint density at radius 2 is 2.05 bits per heavy atom. The number of nitrogens with one attached hydrogen (secondary N) is 1. The molecule has 1 unspecified atom stereocenters. The van der Waals surface area contributed by atoms with Crippen LogP contribution in [0.4, 0.5) is 0 Å². The predicted molar refractivity (Wildman–Crippen MR) is 89.8 cm³/mol. The van der Waals surface area contributed by atoms with Crippen LogP contribution in [0.15, 0.2) is 42.6 Å². The fourth-order valence-corrected chi connectivity index (χ4v) is 3.53. The van der Waals surface area contributed by atoms with Crippen LogP contribution in [0.3, 0.4) is 0 Å². The highest BCUT2D eigenvalue weighted by Gasteiger charge is 2.25. The van der Waals surface area contributed by atoms with Crippen molar-refractivity contribution in [2.45, 2.75) is 38.8 Å². The van der Waals surface area contributed by atoms with Crippen molar-refractivity contribution < 1.29 is 0 Å². The first-order valence-corrected chi connectivity index (χ1v) is 8.12. The van der Waals surface area contributed by atoms with Gasteiger partial charge in [0.25, 0.3) is 0 Å². The number of hydrogen-bond acceptors (Lipinski definition) is 2. The Labute approximate surface area is 131 Å². The van der Waals surface area contributed by atoms with E-state index >= 15 is 0 Å². The Morgan fingerprint density at radius 1 is 1.24 bits per heavy atom. The van der Waals surface area contributed by atoms with Gasteiger partial charge in [0.1, 0.15) is 4.64 Å². The second-order valence-electron chi connectivity index (χ2n) is 5.90. The van der Waals surface area contributed by atoms with Gasteiger partial charge in [-0.2, -0.15) is 0 Å². The molecule has 3 heteroatoms. The van der Waals surface area contributed by atoms with Crippen molar-refractivity contribution in [1.82, 2.24) is 9.88 Å². The second kappa shape index (κ2) is 6.54. The molecule has 1 aromatic carbocycles. The molecule has 1 aromatic heterocycles. The molecule has 2 nitrogen and oxygen atoms in total. The van der Waals surface area contributed by atoms with E-state index < -0.39 is 0 Å². The van der Waals surface area contributed by atoms with Crippen LogP contribution in [0.2, 0.25) is 0 Å². The first-order valence-electron chi connectivity index (χ1n) is 7.71. The summed E-state index contributed by atoms with van der Waals surface area (Å²) < 4.78 is 0.821. The summed E-state index contributed by atoms with van der Waals surface area (Å²) in [7, 11) is 0. The summed E-state index contributed by atoms with van der Waals surface area (Å²) in [5, 5.41) is 0. The minimum atomic E-state index is 0.505. The third-order valence-electron chi connectivity index (χ3n) is 4.37. The Hall–Kier alpha value is -1.45. The van der Waals surface area contributed by atoms with Crippen LogP contribution in [0.25, 0.3) is 0 Å². The highest BCUT2D eigenvalue weighted by molar-refractivity contribution is 7.71. The lowest BCUT2D eigenvalue weighted by Gasteiger charge is -2.36. The number of benzene rings is 1. The van der Waals surface area contributed by atoms with E-state index in [1.54, 1.807) is 0 Å². The molecule has 0 amide bonds. The predicted octanol–water partition coefficient (Wildman–Crippen LogP) is 4.78. The maximum absolute atomic E-state index is 5.23. The summed E-state index contributed by atoms with van der Waals surface area (Å²) in [5.41, 5.74) is 4.11. The summed E-state index contributed by atoms with van der Waals surface area (Å²) in [6.07, 6.45) is 5.96. The molecule has 0 spiro atoms. The van der Waals surface area contributed by atoms with E-state index in [1.165, 1.54) is 42.5 Å². The molecule has 0 aliphatic carbocycles. The number of pyridine rings is 1. The van der Waals surface area contributed by atoms with Crippen molar-refractivity contribution in [3.05, 3.63) is 63.9 Å². The summed E-state index contributed by atoms with van der Waals surface area (Å²) in [4.78, 5) is 5.82. The molecule has 0 bridgehead atoms. The van der Waals surface area contributed by atoms with Gasteiger partial charge < -0.3 is 4.98 Å². The van der Waals surface area contributed by atoms with Gasteiger partial charge in [0.05, 0.1) is 0 Å². The summed E-state index contributed by atoms with van der Waals surface area (Å²) in [5.74, 6) is 0. The molecule has 0 saturated carbocycles. The molecule has 1 saturated heterocycles. The molecule has 110 valence electrons. The van der Waals surface area contributed by atoms with Gasteiger partial charge in [-0.15, -0.1) is 0 Å². The lowest BCUT2D eigenvalue weighted by molar-refractivity contribution is 0.139. The lowest BCUT2D eigenvalue weighted by Crippen LogP contribution is -2.33. The van der Waals surface area contributed by atoms with E-state index in [0.717, 1.165) is 11.2 Å². The van der Waals surface area contributed by atoms with Crippen LogP contribution in [0.5, 0.6) is 0 Å². The normalized spacial score (nSPS) is 19.6. The maximum atomic E-state index is 5.23. The van der Waals surface area contributed by atoms with Crippen molar-refractivity contribution in [2.75, 3.05) is 6.54 Å². The van der Waals surface area contributed by atoms with E-state index in [4.69, 9.17) is 12.2 Å². The average molecular weight is 298 g/mol. The first-order chi connectivity index (χ1) is 10.2. The molecular weight excluding hydrogens is 276 g/mol. The van der Waals surface area contributed by atoms with E-state index in [2.05, 4.69) is 59.4 Å². The standard InChI is InChI=1S/C18H22N2S/c1-14-11-18(21)19-12-16(14)17-9-5-6-10-20(17)13-15-7-3-2-4-8-15/h2-4,7-8,11-12,17H,5-6,9-10,13H2,1H3,(H,19,21). The number of piperidine rings is 1. The van der Waals surface area contributed by atoms with Crippen molar-refractivity contribution >= 4 is 12.2 Å². The quantitative estimate of drug-likeness (QED) is 0.822. The van der Waals surface area contributed by atoms with Crippen LogP contribution in [-0.4, -0.2) is 16.4 Å². The Balaban J connectivity index is 1.86. The van der Waals surface area contributed by atoms with Gasteiger partial charge in [-0.1, -0.05) is 49.0 Å². The topological polar surface area (TPSA) is 19.0 Å². The fourth-order valence-electron chi connectivity index (χ4n) is 3.29. The minimum Gasteiger partial charge on any atom is -0.353 e. The SMILES string of the molecule is Cc1cc(=S)[nH]cc1C1CCCCN1Cc1ccccc1. The summed E-state index contributed by atoms with van der Waals surface area (Å²) >= 11 is 5.23. The molecular formula is C18H22N2S. The molecule has 1 aliphatic rings. The number of rotatable bonds is 3. The molecule has 1 N–H and O–H groups in total. The molecule has 3 rings (SSSR count). The van der Waals surface area contributed by atoms with Gasteiger partial charge in [0, 0.05) is 18.8 Å². The lowest BCUT2D eigenvalue weighted by atomic mass is 9.93. The fraction of sp³-hybridized carbons (Fsp3) is 0.389. The van der Waals surface area contributed by atoms with Crippen LogP contribution in [0, 0.1) is 11.6 Å². The van der Waals surface area contributed by atoms with Gasteiger partial charge in [0.2, 0.25) is 0 Å². The Bertz CT molecular complexity index is 648. The van der Waals surface area contributed by atoms with Crippen LogP contribution in [0.1, 0.15) is 42.0 Å². The molecule has 1 aliphatic heterocycles. The zero-order valence-corrected chi connectivity index (χ0v) is 13.3. The molecule has 1 fully saturated rings. The summed E-state index contributed by atoms with van der Waals surface area (Å²) in [6, 6.07) is 13.4. The van der Waals surface area contributed by atoms with Crippen LogP contribution in [-0.2, 0) is 6.54 Å². The average Bonchev–Trinajstić information content (AvgIpc) is 2.49. The second-order valence-corrected chi connectivity index (χ2v) is 6.34. The third kappa shape index (κ3) is 3.42. The van der Waals surface area contributed by atoms with Crippen LogP contribution < -0.4 is 0 Å². The third-order valence-corrected chi connectivity index (χ3v) is 4.61. The highest BCUT2D eigenvalue weighted by Crippen LogP contribution is 2.33. The van der Waals surface area contributed by atoms with Gasteiger partial charge >= 0.3 is 0 Å². The van der Waals surface area contributed by atoms with E-state index in [1.807, 2.05) is 0 Å². The number of likely N-dealkylation sites (tertiary alicyclic amines) is 1. The molecule has 0 radical (unpaired) electrons. The van der Waals surface area contributed by atoms with Gasteiger partial charge in [-0.25, -0.2) is 0 Å². The number of H-pyrrole nitrogens is 1. The van der Waals surface area contributed by atoms with E-state index in [0.29, 0.717) is 6.04 Å². The van der Waals surface area contributed by atoms with Gasteiger partial charge in [-0.3, -0.25) is 4.90 Å².